The number of nitrogens with zero attached hydrogens (tertiary/aromatic N) is 1. The lowest BCUT2D eigenvalue weighted by Gasteiger charge is -2.26. The van der Waals surface area contributed by atoms with E-state index < -0.39 is 0 Å². The molecule has 2 fully saturated rings. The first-order chi connectivity index (χ1) is 10.3. The molecule has 0 aromatic heterocycles. The van der Waals surface area contributed by atoms with Crippen LogP contribution in [-0.4, -0.2) is 21.3 Å². The van der Waals surface area contributed by atoms with E-state index in [1.807, 2.05) is 6.07 Å². The van der Waals surface area contributed by atoms with Crippen LogP contribution in [0.2, 0.25) is 0 Å². The Kier molecular flexibility index (Phi) is 5.19. The number of carbonyl (C=O) groups excluding carboxylic acids is 1. The van der Waals surface area contributed by atoms with E-state index in [1.54, 1.807) is 0 Å². The van der Waals surface area contributed by atoms with Crippen molar-refractivity contribution in [1.82, 2.24) is 4.90 Å². The number of benzene rings is 1. The van der Waals surface area contributed by atoms with Crippen molar-refractivity contribution in [1.29, 1.82) is 0 Å². The molecule has 1 saturated heterocycles. The van der Waals surface area contributed by atoms with E-state index in [0.717, 1.165) is 17.4 Å². The second-order valence-corrected chi connectivity index (χ2v) is 7.38. The lowest BCUT2D eigenvalue weighted by molar-refractivity contribution is -0.134. The third kappa shape index (κ3) is 3.43. The molecule has 2 aliphatic rings. The number of amides is 1. The molecule has 3 heteroatoms. The van der Waals surface area contributed by atoms with E-state index in [0.29, 0.717) is 23.8 Å². The third-order valence-corrected chi connectivity index (χ3v) is 6.18. The third-order valence-electron chi connectivity index (χ3n) is 5.16. The van der Waals surface area contributed by atoms with Gasteiger partial charge in [0.1, 0.15) is 0 Å². The van der Waals surface area contributed by atoms with Gasteiger partial charge in [0, 0.05) is 22.9 Å². The number of hydrogen-bond acceptors (Lipinski definition) is 1. The van der Waals surface area contributed by atoms with Crippen molar-refractivity contribution in [2.24, 2.45) is 11.8 Å². The topological polar surface area (TPSA) is 20.3 Å². The Balaban J connectivity index is 1.72. The molecule has 1 amide bonds. The molecule has 1 saturated carbocycles. The predicted octanol–water partition coefficient (Wildman–Crippen LogP) is 4.42. The molecule has 1 aromatic rings. The minimum atomic E-state index is 0.300. The number of halogens is 1. The van der Waals surface area contributed by atoms with Gasteiger partial charge in [-0.1, -0.05) is 72.2 Å². The molecule has 3 rings (SSSR count). The summed E-state index contributed by atoms with van der Waals surface area (Å²) in [6, 6.07) is 10.9. The highest BCUT2D eigenvalue weighted by Gasteiger charge is 2.42. The zero-order chi connectivity index (χ0) is 14.7. The number of carbonyl (C=O) groups is 1. The van der Waals surface area contributed by atoms with Crippen LogP contribution < -0.4 is 0 Å². The first kappa shape index (κ1) is 15.3. The van der Waals surface area contributed by atoms with Crippen molar-refractivity contribution < 1.29 is 4.79 Å². The van der Waals surface area contributed by atoms with Gasteiger partial charge >= 0.3 is 0 Å². The highest BCUT2D eigenvalue weighted by atomic mass is 127. The molecule has 2 nitrogen and oxygen atoms in total. The fourth-order valence-corrected chi connectivity index (χ4v) is 4.81. The van der Waals surface area contributed by atoms with Crippen molar-refractivity contribution in [3.63, 3.8) is 0 Å². The maximum absolute atomic E-state index is 12.9. The molecule has 2 atom stereocenters. The standard InChI is InChI=1S/C18H24INO/c19-12-16-11-17(15-9-5-2-6-10-15)18(21)20(16)13-14-7-3-1-4-8-14/h1,3-4,7-8,15-17H,2,5-6,9-13H2/t16-,17+/m1/s1. The molecule has 1 aliphatic heterocycles. The van der Waals surface area contributed by atoms with Crippen LogP contribution in [0.5, 0.6) is 0 Å². The Hall–Kier alpha value is -0.580. The Morgan fingerprint density at radius 1 is 1.10 bits per heavy atom. The fourth-order valence-electron chi connectivity index (χ4n) is 3.98. The quantitative estimate of drug-likeness (QED) is 0.544. The zero-order valence-electron chi connectivity index (χ0n) is 12.5. The summed E-state index contributed by atoms with van der Waals surface area (Å²) < 4.78 is 1.06. The summed E-state index contributed by atoms with van der Waals surface area (Å²) in [4.78, 5) is 15.1. The number of likely N-dealkylation sites (tertiary alicyclic amines) is 1. The van der Waals surface area contributed by atoms with Crippen LogP contribution >= 0.6 is 22.6 Å². The summed E-state index contributed by atoms with van der Waals surface area (Å²) in [7, 11) is 0. The minimum absolute atomic E-state index is 0.300. The molecule has 1 aliphatic carbocycles. The van der Waals surface area contributed by atoms with Crippen LogP contribution in [-0.2, 0) is 11.3 Å². The Morgan fingerprint density at radius 2 is 1.81 bits per heavy atom. The average molecular weight is 397 g/mol. The van der Waals surface area contributed by atoms with E-state index in [9.17, 15) is 4.79 Å². The lowest BCUT2D eigenvalue weighted by atomic mass is 9.79. The summed E-state index contributed by atoms with van der Waals surface area (Å²) >= 11 is 2.44. The largest absolute Gasteiger partial charge is 0.334 e. The smallest absolute Gasteiger partial charge is 0.226 e. The van der Waals surface area contributed by atoms with Crippen molar-refractivity contribution in [3.8, 4) is 0 Å². The first-order valence-corrected chi connectivity index (χ1v) is 9.72. The molecular formula is C18H24INO. The summed E-state index contributed by atoms with van der Waals surface area (Å²) in [5.41, 5.74) is 1.25. The normalized spacial score (nSPS) is 27.3. The molecule has 0 bridgehead atoms. The van der Waals surface area contributed by atoms with E-state index in [4.69, 9.17) is 0 Å². The molecule has 0 N–H and O–H groups in total. The van der Waals surface area contributed by atoms with Crippen LogP contribution in [0.3, 0.4) is 0 Å². The zero-order valence-corrected chi connectivity index (χ0v) is 14.7. The molecule has 1 heterocycles. The fraction of sp³-hybridized carbons (Fsp3) is 0.611. The van der Waals surface area contributed by atoms with Crippen molar-refractivity contribution in [2.45, 2.75) is 51.1 Å². The molecule has 1 aromatic carbocycles. The molecule has 0 unspecified atom stereocenters. The summed E-state index contributed by atoms with van der Waals surface area (Å²) in [6.45, 7) is 0.788. The Morgan fingerprint density at radius 3 is 2.48 bits per heavy atom. The number of rotatable bonds is 4. The van der Waals surface area contributed by atoms with Crippen molar-refractivity contribution in [2.75, 3.05) is 4.43 Å². The van der Waals surface area contributed by atoms with Crippen LogP contribution in [0.1, 0.15) is 44.1 Å². The first-order valence-electron chi connectivity index (χ1n) is 8.20. The SMILES string of the molecule is O=C1[C@H](C2CCCCC2)C[C@H](CI)N1Cc1ccccc1. The van der Waals surface area contributed by atoms with Gasteiger partial charge in [-0.3, -0.25) is 4.79 Å². The van der Waals surface area contributed by atoms with Crippen LogP contribution in [0, 0.1) is 11.8 Å². The Labute approximate surface area is 141 Å². The summed E-state index contributed by atoms with van der Waals surface area (Å²) in [5.74, 6) is 1.37. The maximum Gasteiger partial charge on any atom is 0.226 e. The highest BCUT2D eigenvalue weighted by molar-refractivity contribution is 14.1. The van der Waals surface area contributed by atoms with Gasteiger partial charge in [0.05, 0.1) is 0 Å². The molecular weight excluding hydrogens is 373 g/mol. The van der Waals surface area contributed by atoms with Gasteiger partial charge in [-0.15, -0.1) is 0 Å². The monoisotopic (exact) mass is 397 g/mol. The van der Waals surface area contributed by atoms with E-state index in [1.165, 1.54) is 37.7 Å². The summed E-state index contributed by atoms with van der Waals surface area (Å²) in [6.07, 6.45) is 7.62. The van der Waals surface area contributed by atoms with Gasteiger partial charge in [-0.05, 0) is 30.7 Å². The molecule has 114 valence electrons. The minimum Gasteiger partial charge on any atom is -0.334 e. The predicted molar refractivity (Wildman–Crippen MR) is 94.3 cm³/mol. The number of hydrogen-bond donors (Lipinski definition) is 0. The number of alkyl halides is 1. The van der Waals surface area contributed by atoms with E-state index in [-0.39, 0.29) is 0 Å². The Bertz CT molecular complexity index is 469. The molecule has 0 spiro atoms. The molecule has 21 heavy (non-hydrogen) atoms. The van der Waals surface area contributed by atoms with Gasteiger partial charge in [0.2, 0.25) is 5.91 Å². The van der Waals surface area contributed by atoms with Gasteiger partial charge in [0.25, 0.3) is 0 Å². The van der Waals surface area contributed by atoms with Gasteiger partial charge < -0.3 is 4.90 Å². The average Bonchev–Trinajstić information content (AvgIpc) is 2.86. The van der Waals surface area contributed by atoms with Gasteiger partial charge in [-0.2, -0.15) is 0 Å². The highest BCUT2D eigenvalue weighted by Crippen LogP contribution is 2.39. The van der Waals surface area contributed by atoms with E-state index >= 15 is 0 Å². The van der Waals surface area contributed by atoms with Crippen molar-refractivity contribution >= 4 is 28.5 Å². The lowest BCUT2D eigenvalue weighted by Crippen LogP contribution is -2.35. The maximum atomic E-state index is 12.9. The second kappa shape index (κ2) is 7.12. The van der Waals surface area contributed by atoms with Crippen LogP contribution in [0.25, 0.3) is 0 Å². The van der Waals surface area contributed by atoms with Gasteiger partial charge in [-0.25, -0.2) is 0 Å². The summed E-state index contributed by atoms with van der Waals surface area (Å²) in [5, 5.41) is 0. The van der Waals surface area contributed by atoms with E-state index in [2.05, 4.69) is 51.8 Å². The molecule has 0 radical (unpaired) electrons. The van der Waals surface area contributed by atoms with Crippen LogP contribution in [0.4, 0.5) is 0 Å². The van der Waals surface area contributed by atoms with Crippen molar-refractivity contribution in [3.05, 3.63) is 35.9 Å². The second-order valence-electron chi connectivity index (χ2n) is 6.50. The van der Waals surface area contributed by atoms with Crippen LogP contribution in [0.15, 0.2) is 30.3 Å². The van der Waals surface area contributed by atoms with Gasteiger partial charge in [0.15, 0.2) is 0 Å².